The number of carbonyl (C=O) groups is 1. The van der Waals surface area contributed by atoms with Crippen LogP contribution in [-0.4, -0.2) is 18.5 Å². The van der Waals surface area contributed by atoms with Gasteiger partial charge in [-0.3, -0.25) is 4.79 Å². The summed E-state index contributed by atoms with van der Waals surface area (Å²) in [6.45, 7) is 2.81. The highest BCUT2D eigenvalue weighted by Crippen LogP contribution is 2.32. The van der Waals surface area contributed by atoms with Crippen LogP contribution in [0.5, 0.6) is 0 Å². The zero-order valence-electron chi connectivity index (χ0n) is 11.2. The third kappa shape index (κ3) is 6.67. The molecule has 0 aliphatic heterocycles. The fourth-order valence-electron chi connectivity index (χ4n) is 2.21. The minimum atomic E-state index is 0.197. The smallest absolute Gasteiger partial charge is 0.220 e. The molecule has 1 unspecified atom stereocenters. The van der Waals surface area contributed by atoms with Gasteiger partial charge in [0.1, 0.15) is 0 Å². The molecule has 0 aromatic carbocycles. The normalized spacial score (nSPS) is 16.8. The molecule has 0 aromatic heterocycles. The predicted molar refractivity (Wildman–Crippen MR) is 71.7 cm³/mol. The van der Waals surface area contributed by atoms with Crippen molar-refractivity contribution in [2.75, 3.05) is 6.54 Å². The van der Waals surface area contributed by atoms with Crippen molar-refractivity contribution in [1.82, 2.24) is 5.32 Å². The number of hydrogen-bond acceptors (Lipinski definition) is 2. The molecule has 1 aliphatic rings. The minimum absolute atomic E-state index is 0.197. The number of carbonyl (C=O) groups excluding carboxylic acids is 1. The van der Waals surface area contributed by atoms with E-state index in [-0.39, 0.29) is 11.9 Å². The highest BCUT2D eigenvalue weighted by atomic mass is 16.1. The SMILES string of the molecule is CCCCCCCCC(=O)NC(CN)C1CC1. The van der Waals surface area contributed by atoms with Crippen molar-refractivity contribution in [3.63, 3.8) is 0 Å². The summed E-state index contributed by atoms with van der Waals surface area (Å²) in [5, 5.41) is 3.07. The molecule has 0 heterocycles. The average molecular weight is 240 g/mol. The maximum Gasteiger partial charge on any atom is 0.220 e. The fraction of sp³-hybridized carbons (Fsp3) is 0.929. The maximum atomic E-state index is 11.7. The van der Waals surface area contributed by atoms with E-state index >= 15 is 0 Å². The summed E-state index contributed by atoms with van der Waals surface area (Å²) >= 11 is 0. The van der Waals surface area contributed by atoms with E-state index < -0.39 is 0 Å². The third-order valence-electron chi connectivity index (χ3n) is 3.55. The number of nitrogens with one attached hydrogen (secondary N) is 1. The van der Waals surface area contributed by atoms with Gasteiger partial charge < -0.3 is 11.1 Å². The molecular formula is C14H28N2O. The van der Waals surface area contributed by atoms with Gasteiger partial charge >= 0.3 is 0 Å². The summed E-state index contributed by atoms with van der Waals surface area (Å²) in [5.41, 5.74) is 5.66. The molecule has 1 amide bonds. The molecule has 0 aromatic rings. The van der Waals surface area contributed by atoms with Crippen molar-refractivity contribution in [3.05, 3.63) is 0 Å². The Morgan fingerprint density at radius 2 is 1.88 bits per heavy atom. The van der Waals surface area contributed by atoms with E-state index in [0.29, 0.717) is 18.9 Å². The minimum Gasteiger partial charge on any atom is -0.352 e. The molecule has 0 bridgehead atoms. The van der Waals surface area contributed by atoms with E-state index in [1.54, 1.807) is 0 Å². The molecule has 100 valence electrons. The first-order chi connectivity index (χ1) is 8.27. The molecular weight excluding hydrogens is 212 g/mol. The molecule has 17 heavy (non-hydrogen) atoms. The molecule has 1 fully saturated rings. The summed E-state index contributed by atoms with van der Waals surface area (Å²) in [6.07, 6.45) is 10.5. The Bertz CT molecular complexity index is 214. The molecule has 3 heteroatoms. The lowest BCUT2D eigenvalue weighted by molar-refractivity contribution is -0.122. The summed E-state index contributed by atoms with van der Waals surface area (Å²) in [5.74, 6) is 0.858. The van der Waals surface area contributed by atoms with E-state index in [0.717, 1.165) is 6.42 Å². The zero-order valence-corrected chi connectivity index (χ0v) is 11.2. The molecule has 0 radical (unpaired) electrons. The van der Waals surface area contributed by atoms with Crippen LogP contribution in [0.25, 0.3) is 0 Å². The summed E-state index contributed by atoms with van der Waals surface area (Å²) < 4.78 is 0. The van der Waals surface area contributed by atoms with Gasteiger partial charge in [-0.25, -0.2) is 0 Å². The molecule has 1 atom stereocenters. The predicted octanol–water partition coefficient (Wildman–Crippen LogP) is 2.59. The van der Waals surface area contributed by atoms with Crippen molar-refractivity contribution in [3.8, 4) is 0 Å². The standard InChI is InChI=1S/C14H28N2O/c1-2-3-4-5-6-7-8-14(17)16-13(11-15)12-9-10-12/h12-13H,2-11,15H2,1H3,(H,16,17). The molecule has 1 rings (SSSR count). The highest BCUT2D eigenvalue weighted by Gasteiger charge is 2.30. The van der Waals surface area contributed by atoms with Crippen molar-refractivity contribution >= 4 is 5.91 Å². The van der Waals surface area contributed by atoms with E-state index in [4.69, 9.17) is 5.73 Å². The van der Waals surface area contributed by atoms with Crippen molar-refractivity contribution < 1.29 is 4.79 Å². The first-order valence-corrected chi connectivity index (χ1v) is 7.27. The van der Waals surface area contributed by atoms with Crippen LogP contribution in [0.3, 0.4) is 0 Å². The van der Waals surface area contributed by atoms with Gasteiger partial charge in [-0.2, -0.15) is 0 Å². The van der Waals surface area contributed by atoms with Gasteiger partial charge in [0.2, 0.25) is 5.91 Å². The Hall–Kier alpha value is -0.570. The molecule has 3 N–H and O–H groups in total. The second-order valence-electron chi connectivity index (χ2n) is 5.26. The van der Waals surface area contributed by atoms with Crippen LogP contribution in [0.2, 0.25) is 0 Å². The van der Waals surface area contributed by atoms with Gasteiger partial charge in [0.15, 0.2) is 0 Å². The molecule has 0 spiro atoms. The van der Waals surface area contributed by atoms with Crippen LogP contribution in [0.4, 0.5) is 0 Å². The van der Waals surface area contributed by atoms with Crippen LogP contribution >= 0.6 is 0 Å². The molecule has 1 aliphatic carbocycles. The van der Waals surface area contributed by atoms with Gasteiger partial charge in [-0.15, -0.1) is 0 Å². The second-order valence-corrected chi connectivity index (χ2v) is 5.26. The van der Waals surface area contributed by atoms with Crippen LogP contribution in [0, 0.1) is 5.92 Å². The topological polar surface area (TPSA) is 55.1 Å². The lowest BCUT2D eigenvalue weighted by atomic mass is 10.1. The Balaban J connectivity index is 1.96. The number of amides is 1. The Morgan fingerprint density at radius 3 is 2.47 bits per heavy atom. The van der Waals surface area contributed by atoms with E-state index in [9.17, 15) is 4.79 Å². The Kier molecular flexibility index (Phi) is 7.25. The number of hydrogen-bond donors (Lipinski definition) is 2. The number of unbranched alkanes of at least 4 members (excludes halogenated alkanes) is 5. The molecule has 3 nitrogen and oxygen atoms in total. The monoisotopic (exact) mass is 240 g/mol. The average Bonchev–Trinajstić information content (AvgIpc) is 3.14. The lowest BCUT2D eigenvalue weighted by Gasteiger charge is -2.15. The van der Waals surface area contributed by atoms with Gasteiger partial charge in [-0.05, 0) is 25.2 Å². The lowest BCUT2D eigenvalue weighted by Crippen LogP contribution is -2.41. The fourth-order valence-corrected chi connectivity index (χ4v) is 2.21. The first kappa shape index (κ1) is 14.5. The van der Waals surface area contributed by atoms with E-state index in [1.165, 1.54) is 44.9 Å². The zero-order chi connectivity index (χ0) is 12.5. The van der Waals surface area contributed by atoms with Crippen LogP contribution < -0.4 is 11.1 Å². The van der Waals surface area contributed by atoms with Gasteiger partial charge in [0, 0.05) is 19.0 Å². The molecule has 0 saturated heterocycles. The highest BCUT2D eigenvalue weighted by molar-refractivity contribution is 5.76. The number of nitrogens with two attached hydrogens (primary N) is 1. The van der Waals surface area contributed by atoms with Gasteiger partial charge in [-0.1, -0.05) is 39.0 Å². The van der Waals surface area contributed by atoms with E-state index in [1.807, 2.05) is 0 Å². The summed E-state index contributed by atoms with van der Waals surface area (Å²) in [6, 6.07) is 0.239. The molecule has 1 saturated carbocycles. The maximum absolute atomic E-state index is 11.7. The van der Waals surface area contributed by atoms with Crippen molar-refractivity contribution in [2.45, 2.75) is 70.8 Å². The van der Waals surface area contributed by atoms with Gasteiger partial charge in [0.05, 0.1) is 0 Å². The third-order valence-corrected chi connectivity index (χ3v) is 3.55. The van der Waals surface area contributed by atoms with Gasteiger partial charge in [0.25, 0.3) is 0 Å². The summed E-state index contributed by atoms with van der Waals surface area (Å²) in [4.78, 5) is 11.7. The Morgan fingerprint density at radius 1 is 1.24 bits per heavy atom. The number of rotatable bonds is 10. The van der Waals surface area contributed by atoms with Crippen molar-refractivity contribution in [2.24, 2.45) is 11.7 Å². The van der Waals surface area contributed by atoms with Crippen LogP contribution in [-0.2, 0) is 4.79 Å². The van der Waals surface area contributed by atoms with Crippen molar-refractivity contribution in [1.29, 1.82) is 0 Å². The quantitative estimate of drug-likeness (QED) is 0.577. The largest absolute Gasteiger partial charge is 0.352 e. The van der Waals surface area contributed by atoms with Crippen LogP contribution in [0.15, 0.2) is 0 Å². The summed E-state index contributed by atoms with van der Waals surface area (Å²) in [7, 11) is 0. The second kappa shape index (κ2) is 8.51. The first-order valence-electron chi connectivity index (χ1n) is 7.27. The van der Waals surface area contributed by atoms with Crippen LogP contribution in [0.1, 0.15) is 64.7 Å². The van der Waals surface area contributed by atoms with E-state index in [2.05, 4.69) is 12.2 Å². The Labute approximate surface area is 106 Å².